The van der Waals surface area contributed by atoms with Gasteiger partial charge in [0.25, 0.3) is 11.9 Å². The molecule has 0 spiro atoms. The molecule has 0 aliphatic rings. The van der Waals surface area contributed by atoms with Gasteiger partial charge in [-0.2, -0.15) is 0 Å². The van der Waals surface area contributed by atoms with Crippen LogP contribution < -0.4 is 0 Å². The smallest absolute Gasteiger partial charge is 0.461 e. The number of unbranched alkanes of at least 4 members (excludes halogenated alkanes) is 30. The van der Waals surface area contributed by atoms with Gasteiger partial charge in [0.15, 0.2) is 5.62 Å². The van der Waals surface area contributed by atoms with E-state index in [1.165, 1.54) is 167 Å². The second-order valence-electron chi connectivity index (χ2n) is 15.0. The minimum atomic E-state index is -2.83. The average molecular weight is 743 g/mol. The summed E-state index contributed by atoms with van der Waals surface area (Å²) in [4.78, 5) is 34.1. The van der Waals surface area contributed by atoms with Crippen LogP contribution in [0.1, 0.15) is 245 Å². The maximum Gasteiger partial charge on any atom is 0.461 e. The van der Waals surface area contributed by atoms with Crippen LogP contribution in [-0.4, -0.2) is 26.1 Å². The molecule has 0 radical (unpaired) electrons. The van der Waals surface area contributed by atoms with Gasteiger partial charge in [-0.3, -0.25) is 14.4 Å². The van der Waals surface area contributed by atoms with Gasteiger partial charge in [0, 0.05) is 25.4 Å². The van der Waals surface area contributed by atoms with Crippen molar-refractivity contribution < 1.29 is 23.2 Å². The Morgan fingerprint density at radius 2 is 0.620 bits per heavy atom. The van der Waals surface area contributed by atoms with Crippen LogP contribution in [0.5, 0.6) is 0 Å². The first kappa shape index (κ1) is 51.3. The van der Waals surface area contributed by atoms with Crippen LogP contribution in [0.3, 0.4) is 0 Å². The zero-order chi connectivity index (χ0) is 37.2. The second kappa shape index (κ2) is 42.6. The summed E-state index contributed by atoms with van der Waals surface area (Å²) in [6, 6.07) is 0.718. The molecule has 0 rings (SSSR count). The Kier molecular flexibility index (Phi) is 43.7. The van der Waals surface area contributed by atoms with Gasteiger partial charge in [0.05, 0.1) is 0 Å². The topological polar surface area (TPSA) is 69.7 Å². The van der Waals surface area contributed by atoms with Crippen LogP contribution in [-0.2, 0) is 23.2 Å². The average Bonchev–Trinajstić information content (AvgIpc) is 3.08. The molecule has 0 fully saturated rings. The lowest BCUT2D eigenvalue weighted by molar-refractivity contribution is -0.141. The monoisotopic (exact) mass is 743 g/mol. The van der Waals surface area contributed by atoms with Gasteiger partial charge in [-0.25, -0.2) is 0 Å². The fraction of sp³-hybridized carbons (Fsp3) is 0.930. The Balaban J connectivity index is 0. The SMILES string of the molecule is CCCCCCCCCCCCCCCCCC(=O)O[Si](C)(CCCCC)OC(=O)CCCCCCCCCCCCCCCCC.O=CS. The van der Waals surface area contributed by atoms with E-state index in [9.17, 15) is 9.59 Å². The highest BCUT2D eigenvalue weighted by Gasteiger charge is 2.38. The van der Waals surface area contributed by atoms with E-state index in [0.717, 1.165) is 51.0 Å². The summed E-state index contributed by atoms with van der Waals surface area (Å²) in [6.45, 7) is 8.66. The standard InChI is InChI=1S/C42H84O4Si.CH2OS/c1-5-8-11-13-15-17-19-21-23-25-27-29-31-33-35-38-41(43)45-47(4,40-37-10-7-3)46-42(44)39-36-34-32-30-28-26-24-22-20-18-16-14-12-9-6-2;2-1-3/h5-40H2,1-4H3;1H,(H,2,3). The van der Waals surface area contributed by atoms with Crippen LogP contribution in [0.2, 0.25) is 12.6 Å². The van der Waals surface area contributed by atoms with Gasteiger partial charge in [0.1, 0.15) is 0 Å². The fourth-order valence-corrected chi connectivity index (χ4v) is 8.99. The highest BCUT2D eigenvalue weighted by atomic mass is 32.1. The first-order valence-electron chi connectivity index (χ1n) is 21.9. The van der Waals surface area contributed by atoms with Crippen molar-refractivity contribution in [2.75, 3.05) is 0 Å². The highest BCUT2D eigenvalue weighted by molar-refractivity contribution is 7.94. The molecule has 0 N–H and O–H groups in total. The summed E-state index contributed by atoms with van der Waals surface area (Å²) >= 11 is 3.11. The van der Waals surface area contributed by atoms with Crippen molar-refractivity contribution in [2.45, 2.75) is 258 Å². The van der Waals surface area contributed by atoms with Crippen molar-refractivity contribution in [3.8, 4) is 0 Å². The number of carbonyl (C=O) groups is 3. The minimum absolute atomic E-state index is 0.162. The van der Waals surface area contributed by atoms with E-state index in [1.807, 2.05) is 6.55 Å². The van der Waals surface area contributed by atoms with Gasteiger partial charge in [-0.15, -0.1) is 12.6 Å². The quantitative estimate of drug-likeness (QED) is 0.0295. The molecule has 0 aliphatic carbocycles. The van der Waals surface area contributed by atoms with Crippen molar-refractivity contribution >= 4 is 38.7 Å². The van der Waals surface area contributed by atoms with Gasteiger partial charge >= 0.3 is 8.56 Å². The lowest BCUT2D eigenvalue weighted by atomic mass is 10.0. The summed E-state index contributed by atoms with van der Waals surface area (Å²) < 4.78 is 11.9. The molecule has 0 unspecified atom stereocenters. The van der Waals surface area contributed by atoms with Gasteiger partial charge in [-0.1, -0.05) is 213 Å². The van der Waals surface area contributed by atoms with Crippen LogP contribution in [0.25, 0.3) is 0 Å². The molecule has 50 heavy (non-hydrogen) atoms. The van der Waals surface area contributed by atoms with E-state index in [4.69, 9.17) is 13.6 Å². The Bertz CT molecular complexity index is 671. The normalized spacial score (nSPS) is 11.2. The van der Waals surface area contributed by atoms with E-state index in [1.54, 1.807) is 0 Å². The van der Waals surface area contributed by atoms with E-state index in [0.29, 0.717) is 18.5 Å². The molecule has 0 saturated heterocycles. The number of hydrogen-bond acceptors (Lipinski definition) is 5. The summed E-state index contributed by atoms with van der Waals surface area (Å²) in [6.07, 6.45) is 43.4. The zero-order valence-corrected chi connectivity index (χ0v) is 35.9. The molecule has 0 saturated carbocycles. The maximum absolute atomic E-state index is 12.7. The van der Waals surface area contributed by atoms with Crippen LogP contribution in [0.15, 0.2) is 0 Å². The summed E-state index contributed by atoms with van der Waals surface area (Å²) in [5.74, 6) is -0.324. The van der Waals surface area contributed by atoms with Crippen LogP contribution >= 0.6 is 12.6 Å². The van der Waals surface area contributed by atoms with Crippen molar-refractivity contribution in [3.63, 3.8) is 0 Å². The Labute approximate surface area is 319 Å². The third-order valence-corrected chi connectivity index (χ3v) is 12.4. The molecular weight excluding hydrogens is 657 g/mol. The molecule has 5 nitrogen and oxygen atoms in total. The van der Waals surface area contributed by atoms with E-state index in [2.05, 4.69) is 33.4 Å². The highest BCUT2D eigenvalue weighted by Crippen LogP contribution is 2.22. The Morgan fingerprint density at radius 3 is 0.860 bits per heavy atom. The van der Waals surface area contributed by atoms with Crippen molar-refractivity contribution in [3.05, 3.63) is 0 Å². The largest absolute Gasteiger partial charge is 0.485 e. The summed E-state index contributed by atoms with van der Waals surface area (Å²) in [5.41, 5.74) is 0.444. The van der Waals surface area contributed by atoms with Crippen molar-refractivity contribution in [2.24, 2.45) is 0 Å². The second-order valence-corrected chi connectivity index (χ2v) is 18.4. The molecule has 298 valence electrons. The maximum atomic E-state index is 12.7. The first-order chi connectivity index (χ1) is 24.4. The molecule has 0 aromatic rings. The molecule has 0 amide bonds. The van der Waals surface area contributed by atoms with Crippen molar-refractivity contribution in [1.29, 1.82) is 0 Å². The summed E-state index contributed by atoms with van der Waals surface area (Å²) in [5, 5.41) is 0. The lowest BCUT2D eigenvalue weighted by Crippen LogP contribution is -2.42. The zero-order valence-electron chi connectivity index (χ0n) is 34.0. The Hall–Kier alpha value is -0.823. The molecule has 0 aromatic carbocycles. The number of rotatable bonds is 38. The molecule has 0 bridgehead atoms. The molecule has 0 atom stereocenters. The minimum Gasteiger partial charge on any atom is -0.485 e. The van der Waals surface area contributed by atoms with Crippen LogP contribution in [0.4, 0.5) is 0 Å². The van der Waals surface area contributed by atoms with Crippen LogP contribution in [0, 0.1) is 0 Å². The first-order valence-corrected chi connectivity index (χ1v) is 24.9. The summed E-state index contributed by atoms with van der Waals surface area (Å²) in [7, 11) is -2.83. The number of thiol groups is 1. The van der Waals surface area contributed by atoms with E-state index < -0.39 is 8.56 Å². The van der Waals surface area contributed by atoms with Crippen molar-refractivity contribution in [1.82, 2.24) is 0 Å². The van der Waals surface area contributed by atoms with E-state index >= 15 is 0 Å². The number of hydrogen-bond donors (Lipinski definition) is 1. The fourth-order valence-electron chi connectivity index (χ4n) is 6.68. The predicted octanol–water partition coefficient (Wildman–Crippen LogP) is 15.0. The van der Waals surface area contributed by atoms with Gasteiger partial charge in [-0.05, 0) is 19.3 Å². The van der Waals surface area contributed by atoms with Gasteiger partial charge in [0.2, 0.25) is 0 Å². The molecule has 0 aromatic heterocycles. The third kappa shape index (κ3) is 41.6. The third-order valence-electron chi connectivity index (χ3n) is 9.86. The lowest BCUT2D eigenvalue weighted by Gasteiger charge is -2.26. The number of carbonyl (C=O) groups excluding carboxylic acids is 3. The molecule has 7 heteroatoms. The molecule has 0 aliphatic heterocycles. The Morgan fingerprint density at radius 1 is 0.420 bits per heavy atom. The molecule has 0 heterocycles. The van der Waals surface area contributed by atoms with E-state index in [-0.39, 0.29) is 11.9 Å². The van der Waals surface area contributed by atoms with Gasteiger partial charge < -0.3 is 8.85 Å². The predicted molar refractivity (Wildman–Crippen MR) is 223 cm³/mol. The molecular formula is C43H86O5SSi.